The minimum absolute atomic E-state index is 0.112. The number of hydrogen-bond donors (Lipinski definition) is 0. The van der Waals surface area contributed by atoms with Crippen LogP contribution in [-0.2, 0) is 16.2 Å². The van der Waals surface area contributed by atoms with Crippen LogP contribution in [0.3, 0.4) is 0 Å². The first-order valence-corrected chi connectivity index (χ1v) is 11.7. The molecule has 4 rings (SSSR count). The molecule has 0 unspecified atom stereocenters. The summed E-state index contributed by atoms with van der Waals surface area (Å²) in [6, 6.07) is 12.0. The Morgan fingerprint density at radius 1 is 1.18 bits per heavy atom. The molecule has 2 aliphatic rings. The number of carbonyl (C=O) groups is 1. The van der Waals surface area contributed by atoms with Crippen LogP contribution in [-0.4, -0.2) is 35.8 Å². The summed E-state index contributed by atoms with van der Waals surface area (Å²) in [7, 11) is 1.73. The van der Waals surface area contributed by atoms with Crippen molar-refractivity contribution in [1.82, 2.24) is 5.01 Å². The predicted molar refractivity (Wildman–Crippen MR) is 132 cm³/mol. The van der Waals surface area contributed by atoms with Crippen molar-refractivity contribution in [2.75, 3.05) is 18.6 Å². The number of oxime groups is 1. The number of benzene rings is 2. The summed E-state index contributed by atoms with van der Waals surface area (Å²) >= 11 is 0. The number of aryl methyl sites for hydroxylation is 1. The molecule has 2 aromatic rings. The van der Waals surface area contributed by atoms with Gasteiger partial charge in [0.15, 0.2) is 0 Å². The molecular formula is C26H33N5O3. The molecule has 1 heterocycles. The average molecular weight is 464 g/mol. The first-order chi connectivity index (χ1) is 16.1. The van der Waals surface area contributed by atoms with Gasteiger partial charge in [-0.15, -0.1) is 0 Å². The van der Waals surface area contributed by atoms with E-state index in [1.54, 1.807) is 7.05 Å². The average Bonchev–Trinajstić information content (AvgIpc) is 3.61. The highest BCUT2D eigenvalue weighted by Gasteiger charge is 2.31. The van der Waals surface area contributed by atoms with Gasteiger partial charge in [-0.25, -0.2) is 0 Å². The molecular weight excluding hydrogens is 430 g/mol. The number of hydrogen-bond acceptors (Lipinski definition) is 7. The lowest BCUT2D eigenvalue weighted by Gasteiger charge is -2.26. The molecule has 0 bridgehead atoms. The van der Waals surface area contributed by atoms with E-state index < -0.39 is 0 Å². The highest BCUT2D eigenvalue weighted by atomic mass is 16.6. The number of nitrogens with zero attached hydrogens (tertiary/aromatic N) is 5. The number of amides is 1. The van der Waals surface area contributed by atoms with Crippen LogP contribution in [0.4, 0.5) is 5.69 Å². The van der Waals surface area contributed by atoms with Gasteiger partial charge >= 0.3 is 0 Å². The maximum absolute atomic E-state index is 12.7. The van der Waals surface area contributed by atoms with Crippen molar-refractivity contribution in [2.24, 2.45) is 15.6 Å². The van der Waals surface area contributed by atoms with E-state index in [2.05, 4.69) is 21.7 Å². The van der Waals surface area contributed by atoms with Gasteiger partial charge < -0.3 is 9.57 Å². The molecule has 0 saturated heterocycles. The van der Waals surface area contributed by atoms with E-state index in [9.17, 15) is 4.79 Å². The van der Waals surface area contributed by atoms with E-state index in [0.29, 0.717) is 12.5 Å². The molecule has 1 fully saturated rings. The summed E-state index contributed by atoms with van der Waals surface area (Å²) < 4.78 is 6.29. The Kier molecular flexibility index (Phi) is 6.59. The van der Waals surface area contributed by atoms with Crippen molar-refractivity contribution in [1.29, 1.82) is 0 Å². The third-order valence-corrected chi connectivity index (χ3v) is 5.74. The van der Waals surface area contributed by atoms with Gasteiger partial charge in [0.1, 0.15) is 24.5 Å². The smallest absolute Gasteiger partial charge is 0.270 e. The summed E-state index contributed by atoms with van der Waals surface area (Å²) in [5, 5.41) is 15.4. The molecule has 0 N–H and O–H groups in total. The van der Waals surface area contributed by atoms with E-state index >= 15 is 0 Å². The Bertz CT molecular complexity index is 1130. The second-order valence-electron chi connectivity index (χ2n) is 9.97. The van der Waals surface area contributed by atoms with Crippen molar-refractivity contribution in [3.05, 3.63) is 58.7 Å². The molecule has 0 aromatic heterocycles. The van der Waals surface area contributed by atoms with Crippen LogP contribution in [0, 0.1) is 6.92 Å². The van der Waals surface area contributed by atoms with Crippen molar-refractivity contribution >= 4 is 17.3 Å². The van der Waals surface area contributed by atoms with Crippen LogP contribution in [0.25, 0.3) is 0 Å². The lowest BCUT2D eigenvalue weighted by atomic mass is 10.0. The molecule has 1 aliphatic carbocycles. The highest BCUT2D eigenvalue weighted by Crippen LogP contribution is 2.44. The SMILES string of the molecule is CC(=NOC(C)(C)C)c1ccc(OCc2c(C3CC3)cccc2N2N=NN(C)CC2=O)c(C)c1. The number of ether oxygens (including phenoxy) is 1. The van der Waals surface area contributed by atoms with Gasteiger partial charge in [0, 0.05) is 12.6 Å². The molecule has 8 nitrogen and oxygen atoms in total. The number of rotatable bonds is 7. The zero-order chi connectivity index (χ0) is 24.5. The van der Waals surface area contributed by atoms with Gasteiger partial charge in [0.05, 0.1) is 11.4 Å². The number of anilines is 1. The second kappa shape index (κ2) is 9.44. The van der Waals surface area contributed by atoms with Crippen molar-refractivity contribution in [3.63, 3.8) is 0 Å². The predicted octanol–water partition coefficient (Wildman–Crippen LogP) is 5.55. The van der Waals surface area contributed by atoms with Crippen LogP contribution in [0.15, 0.2) is 52.0 Å². The van der Waals surface area contributed by atoms with E-state index in [1.807, 2.05) is 65.0 Å². The summed E-state index contributed by atoms with van der Waals surface area (Å²) in [5.41, 5.74) is 5.40. The van der Waals surface area contributed by atoms with Gasteiger partial charge in [-0.2, -0.15) is 5.01 Å². The van der Waals surface area contributed by atoms with E-state index in [1.165, 1.54) is 15.6 Å². The molecule has 2 aromatic carbocycles. The van der Waals surface area contributed by atoms with Gasteiger partial charge in [0.25, 0.3) is 5.91 Å². The Hall–Kier alpha value is -3.42. The number of carbonyl (C=O) groups excluding carboxylic acids is 1. The van der Waals surface area contributed by atoms with Crippen molar-refractivity contribution in [3.8, 4) is 5.75 Å². The fraction of sp³-hybridized carbons (Fsp3) is 0.462. The maximum Gasteiger partial charge on any atom is 0.270 e. The van der Waals surface area contributed by atoms with E-state index in [0.717, 1.165) is 46.7 Å². The molecule has 34 heavy (non-hydrogen) atoms. The largest absolute Gasteiger partial charge is 0.489 e. The van der Waals surface area contributed by atoms with Crippen molar-refractivity contribution < 1.29 is 14.4 Å². The maximum atomic E-state index is 12.7. The minimum atomic E-state index is -0.337. The summed E-state index contributed by atoms with van der Waals surface area (Å²) in [4.78, 5) is 18.2. The highest BCUT2D eigenvalue weighted by molar-refractivity contribution is 5.98. The first-order valence-electron chi connectivity index (χ1n) is 11.7. The minimum Gasteiger partial charge on any atom is -0.489 e. The van der Waals surface area contributed by atoms with E-state index in [-0.39, 0.29) is 18.1 Å². The summed E-state index contributed by atoms with van der Waals surface area (Å²) in [6.45, 7) is 10.4. The van der Waals surface area contributed by atoms with Crippen LogP contribution in [0.2, 0.25) is 0 Å². The van der Waals surface area contributed by atoms with Gasteiger partial charge in [0.2, 0.25) is 0 Å². The van der Waals surface area contributed by atoms with Gasteiger partial charge in [-0.05, 0) is 99.6 Å². The Labute approximate surface area is 201 Å². The Morgan fingerprint density at radius 2 is 1.94 bits per heavy atom. The third kappa shape index (κ3) is 5.55. The normalized spacial score (nSPS) is 16.8. The van der Waals surface area contributed by atoms with Crippen LogP contribution >= 0.6 is 0 Å². The van der Waals surface area contributed by atoms with E-state index in [4.69, 9.17) is 9.57 Å². The Balaban J connectivity index is 1.57. The molecule has 1 amide bonds. The second-order valence-corrected chi connectivity index (χ2v) is 9.97. The van der Waals surface area contributed by atoms with Crippen LogP contribution in [0.1, 0.15) is 68.7 Å². The molecule has 1 aliphatic heterocycles. The van der Waals surface area contributed by atoms with Crippen molar-refractivity contribution in [2.45, 2.75) is 65.6 Å². The zero-order valence-corrected chi connectivity index (χ0v) is 20.8. The first kappa shape index (κ1) is 23.7. The quantitative estimate of drug-likeness (QED) is 0.398. The van der Waals surface area contributed by atoms with Crippen LogP contribution < -0.4 is 9.75 Å². The summed E-state index contributed by atoms with van der Waals surface area (Å²) in [5.74, 6) is 1.18. The van der Waals surface area contributed by atoms with Gasteiger partial charge in [-0.1, -0.05) is 22.5 Å². The molecule has 1 saturated carbocycles. The topological polar surface area (TPSA) is 79.1 Å². The Morgan fingerprint density at radius 3 is 2.59 bits per heavy atom. The zero-order valence-electron chi connectivity index (χ0n) is 20.8. The molecule has 0 atom stereocenters. The third-order valence-electron chi connectivity index (χ3n) is 5.74. The molecule has 0 radical (unpaired) electrons. The fourth-order valence-electron chi connectivity index (χ4n) is 3.80. The fourth-order valence-corrected chi connectivity index (χ4v) is 3.80. The monoisotopic (exact) mass is 463 g/mol. The lowest BCUT2D eigenvalue weighted by Crippen LogP contribution is -2.38. The number of likely N-dealkylation sites (N-methyl/N-ethyl adjacent to an activating group) is 1. The van der Waals surface area contributed by atoms with Crippen LogP contribution in [0.5, 0.6) is 5.75 Å². The molecule has 8 heteroatoms. The van der Waals surface area contributed by atoms with Gasteiger partial charge in [-0.3, -0.25) is 9.80 Å². The molecule has 180 valence electrons. The summed E-state index contributed by atoms with van der Waals surface area (Å²) in [6.07, 6.45) is 2.30. The standard InChI is InChI=1S/C26H33N5O3/c1-17-14-20(18(2)27-34-26(3,4)5)12-13-24(17)33-16-22-21(19-10-11-19)8-7-9-23(22)31-25(32)15-30(6)28-29-31/h7-9,12-14,19H,10-11,15-16H2,1-6H3. The lowest BCUT2D eigenvalue weighted by molar-refractivity contribution is -0.120. The molecule has 0 spiro atoms.